The average Bonchev–Trinajstić information content (AvgIpc) is 2.79. The van der Waals surface area contributed by atoms with Crippen LogP contribution in [0.25, 0.3) is 0 Å². The van der Waals surface area contributed by atoms with E-state index in [1.807, 2.05) is 24.3 Å². The van der Waals surface area contributed by atoms with Crippen LogP contribution in [0.2, 0.25) is 0 Å². The molecule has 0 spiro atoms. The maximum atomic E-state index is 14.7. The number of ketones is 1. The first-order valence-electron chi connectivity index (χ1n) is 9.33. The molecule has 0 aliphatic rings. The third-order valence-corrected chi connectivity index (χ3v) is 6.49. The molecular weight excluding hydrogens is 434 g/mol. The number of phenolic OH excluding ortho intramolecular Hbond substituents is 1. The molecule has 4 rings (SSSR count). The van der Waals surface area contributed by atoms with Gasteiger partial charge < -0.3 is 5.11 Å². The van der Waals surface area contributed by atoms with Crippen molar-refractivity contribution in [2.45, 2.75) is 19.6 Å². The largest absolute Gasteiger partial charge is 0.507 e. The Balaban J connectivity index is 1.49. The van der Waals surface area contributed by atoms with Crippen molar-refractivity contribution in [3.05, 3.63) is 114 Å². The minimum absolute atomic E-state index is 0.0703. The van der Waals surface area contributed by atoms with E-state index in [0.717, 1.165) is 32.5 Å². The van der Waals surface area contributed by atoms with Gasteiger partial charge in [0, 0.05) is 20.2 Å². The summed E-state index contributed by atoms with van der Waals surface area (Å²) in [5, 5.41) is 10.3. The smallest absolute Gasteiger partial charge is 0.196 e. The minimum atomic E-state index is -0.577. The molecule has 0 bridgehead atoms. The Morgan fingerprint density at radius 3 is 1.87 bits per heavy atom. The Hall–Kier alpha value is -3.09. The number of aromatic hydroxyl groups is 1. The molecule has 0 fully saturated rings. The van der Waals surface area contributed by atoms with Crippen molar-refractivity contribution in [3.63, 3.8) is 0 Å². The number of rotatable bonds is 6. The normalized spacial score (nSPS) is 10.8. The van der Waals surface area contributed by atoms with Crippen LogP contribution in [-0.2, 0) is 0 Å². The van der Waals surface area contributed by atoms with E-state index in [1.54, 1.807) is 42.5 Å². The highest BCUT2D eigenvalue weighted by molar-refractivity contribution is 7.99. The van der Waals surface area contributed by atoms with Gasteiger partial charge in [-0.2, -0.15) is 0 Å². The molecule has 0 aromatic heterocycles. The number of hydrogen-bond acceptors (Lipinski definition) is 4. The SMILES string of the molecule is O=C(c1ccccc1)c1cc(F)c(Sc2ccc(Sc3ccc(F)cc3)cc2)cc1O. The molecule has 154 valence electrons. The van der Waals surface area contributed by atoms with Crippen molar-refractivity contribution in [1.29, 1.82) is 0 Å². The van der Waals surface area contributed by atoms with Crippen molar-refractivity contribution in [3.8, 4) is 5.75 Å². The van der Waals surface area contributed by atoms with Crippen LogP contribution in [0.3, 0.4) is 0 Å². The fourth-order valence-electron chi connectivity index (χ4n) is 2.89. The summed E-state index contributed by atoms with van der Waals surface area (Å²) >= 11 is 2.65. The van der Waals surface area contributed by atoms with Gasteiger partial charge in [-0.25, -0.2) is 8.78 Å². The zero-order chi connectivity index (χ0) is 21.8. The van der Waals surface area contributed by atoms with E-state index in [9.17, 15) is 18.7 Å². The Labute approximate surface area is 187 Å². The van der Waals surface area contributed by atoms with Crippen LogP contribution in [0.4, 0.5) is 8.78 Å². The molecule has 6 heteroatoms. The Bertz CT molecular complexity index is 1210. The van der Waals surface area contributed by atoms with E-state index in [4.69, 9.17) is 0 Å². The van der Waals surface area contributed by atoms with Gasteiger partial charge in [-0.1, -0.05) is 53.9 Å². The van der Waals surface area contributed by atoms with Crippen LogP contribution < -0.4 is 0 Å². The number of carbonyl (C=O) groups is 1. The molecule has 0 saturated heterocycles. The Morgan fingerprint density at radius 2 is 1.26 bits per heavy atom. The monoisotopic (exact) mass is 450 g/mol. The van der Waals surface area contributed by atoms with E-state index in [1.165, 1.54) is 30.0 Å². The fourth-order valence-corrected chi connectivity index (χ4v) is 4.56. The molecule has 0 aliphatic carbocycles. The number of benzene rings is 4. The lowest BCUT2D eigenvalue weighted by atomic mass is 10.0. The molecule has 0 amide bonds. The van der Waals surface area contributed by atoms with Gasteiger partial charge in [0.1, 0.15) is 17.4 Å². The standard InChI is InChI=1S/C25H16F2O2S2/c26-17-6-8-18(9-7-17)30-19-10-12-20(13-11-19)31-24-15-23(28)21(14-22(24)27)25(29)16-4-2-1-3-5-16/h1-15,28H. The zero-order valence-electron chi connectivity index (χ0n) is 16.1. The van der Waals surface area contributed by atoms with Crippen molar-refractivity contribution >= 4 is 29.3 Å². The molecule has 0 unspecified atom stereocenters. The van der Waals surface area contributed by atoms with Crippen LogP contribution >= 0.6 is 23.5 Å². The maximum Gasteiger partial charge on any atom is 0.196 e. The third kappa shape index (κ3) is 5.16. The average molecular weight is 451 g/mol. The van der Waals surface area contributed by atoms with E-state index >= 15 is 0 Å². The van der Waals surface area contributed by atoms with E-state index in [0.29, 0.717) is 5.56 Å². The molecule has 2 nitrogen and oxygen atoms in total. The lowest BCUT2D eigenvalue weighted by molar-refractivity contribution is 0.103. The summed E-state index contributed by atoms with van der Waals surface area (Å²) in [5.41, 5.74) is 0.311. The second-order valence-electron chi connectivity index (χ2n) is 6.62. The summed E-state index contributed by atoms with van der Waals surface area (Å²) in [5.74, 6) is -1.55. The van der Waals surface area contributed by atoms with E-state index < -0.39 is 11.6 Å². The summed E-state index contributed by atoms with van der Waals surface area (Å²) in [6.07, 6.45) is 0. The highest BCUT2D eigenvalue weighted by Gasteiger charge is 2.17. The molecule has 0 radical (unpaired) electrons. The first kappa shape index (κ1) is 21.2. The zero-order valence-corrected chi connectivity index (χ0v) is 17.7. The van der Waals surface area contributed by atoms with Crippen molar-refractivity contribution in [2.24, 2.45) is 0 Å². The predicted molar refractivity (Wildman–Crippen MR) is 119 cm³/mol. The number of phenols is 1. The van der Waals surface area contributed by atoms with Crippen molar-refractivity contribution in [1.82, 2.24) is 0 Å². The van der Waals surface area contributed by atoms with Crippen LogP contribution in [0.5, 0.6) is 5.75 Å². The summed E-state index contributed by atoms with van der Waals surface area (Å²) in [4.78, 5) is 15.4. The summed E-state index contributed by atoms with van der Waals surface area (Å²) in [6.45, 7) is 0. The van der Waals surface area contributed by atoms with E-state index in [2.05, 4.69) is 0 Å². The molecule has 1 N–H and O–H groups in total. The lowest BCUT2D eigenvalue weighted by Gasteiger charge is -2.09. The van der Waals surface area contributed by atoms with Gasteiger partial charge in [0.15, 0.2) is 5.78 Å². The van der Waals surface area contributed by atoms with Crippen LogP contribution in [-0.4, -0.2) is 10.9 Å². The summed E-state index contributed by atoms with van der Waals surface area (Å²) < 4.78 is 27.7. The second-order valence-corrected chi connectivity index (χ2v) is 8.89. The van der Waals surface area contributed by atoms with Crippen LogP contribution in [0, 0.1) is 11.6 Å². The number of hydrogen-bond donors (Lipinski definition) is 1. The highest BCUT2D eigenvalue weighted by atomic mass is 32.2. The lowest BCUT2D eigenvalue weighted by Crippen LogP contribution is -2.02. The number of carbonyl (C=O) groups excluding carboxylic acids is 1. The topological polar surface area (TPSA) is 37.3 Å². The van der Waals surface area contributed by atoms with Crippen LogP contribution in [0.1, 0.15) is 15.9 Å². The minimum Gasteiger partial charge on any atom is -0.507 e. The van der Waals surface area contributed by atoms with Crippen molar-refractivity contribution < 1.29 is 18.7 Å². The Morgan fingerprint density at radius 1 is 0.710 bits per heavy atom. The predicted octanol–water partition coefficient (Wildman–Crippen LogP) is 7.20. The van der Waals surface area contributed by atoms with Gasteiger partial charge in [-0.3, -0.25) is 4.79 Å². The molecular formula is C25H16F2O2S2. The van der Waals surface area contributed by atoms with Gasteiger partial charge in [0.05, 0.1) is 10.5 Å². The van der Waals surface area contributed by atoms with Gasteiger partial charge in [-0.15, -0.1) is 0 Å². The summed E-state index contributed by atoms with van der Waals surface area (Å²) in [7, 11) is 0. The van der Waals surface area contributed by atoms with Gasteiger partial charge in [0.25, 0.3) is 0 Å². The fraction of sp³-hybridized carbons (Fsp3) is 0. The molecule has 4 aromatic rings. The second kappa shape index (κ2) is 9.37. The van der Waals surface area contributed by atoms with E-state index in [-0.39, 0.29) is 22.0 Å². The molecule has 31 heavy (non-hydrogen) atoms. The molecule has 4 aromatic carbocycles. The third-order valence-electron chi connectivity index (χ3n) is 4.43. The van der Waals surface area contributed by atoms with Crippen molar-refractivity contribution in [2.75, 3.05) is 0 Å². The molecule has 0 heterocycles. The first-order chi connectivity index (χ1) is 15.0. The maximum absolute atomic E-state index is 14.7. The molecule has 0 atom stereocenters. The quantitative estimate of drug-likeness (QED) is 0.315. The molecule has 0 aliphatic heterocycles. The number of halogens is 2. The Kier molecular flexibility index (Phi) is 6.39. The highest BCUT2D eigenvalue weighted by Crippen LogP contribution is 2.36. The van der Waals surface area contributed by atoms with Gasteiger partial charge in [0.2, 0.25) is 0 Å². The van der Waals surface area contributed by atoms with Crippen LogP contribution in [0.15, 0.2) is 111 Å². The van der Waals surface area contributed by atoms with Gasteiger partial charge in [-0.05, 0) is 60.7 Å². The molecule has 0 saturated carbocycles. The van der Waals surface area contributed by atoms with Gasteiger partial charge >= 0.3 is 0 Å². The first-order valence-corrected chi connectivity index (χ1v) is 11.0. The summed E-state index contributed by atoms with van der Waals surface area (Å²) in [6, 6.07) is 24.5.